The van der Waals surface area contributed by atoms with Gasteiger partial charge in [0, 0.05) is 44.6 Å². The molecule has 1 spiro atoms. The van der Waals surface area contributed by atoms with Crippen LogP contribution < -0.4 is 10.4 Å². The van der Waals surface area contributed by atoms with Gasteiger partial charge in [0.25, 0.3) is 5.91 Å². The summed E-state index contributed by atoms with van der Waals surface area (Å²) < 4.78 is 11.5. The van der Waals surface area contributed by atoms with Crippen LogP contribution in [0, 0.1) is 12.3 Å². The molecule has 2 amide bonds. The third-order valence-corrected chi connectivity index (χ3v) is 6.73. The van der Waals surface area contributed by atoms with E-state index in [0.29, 0.717) is 37.3 Å². The lowest BCUT2D eigenvalue weighted by molar-refractivity contribution is -0.140. The first-order valence-electron chi connectivity index (χ1n) is 11.0. The van der Waals surface area contributed by atoms with E-state index in [2.05, 4.69) is 0 Å². The molecule has 3 heterocycles. The molecule has 31 heavy (non-hydrogen) atoms. The average molecular weight is 427 g/mol. The Balaban J connectivity index is 1.51. The van der Waals surface area contributed by atoms with E-state index in [1.54, 1.807) is 11.8 Å². The summed E-state index contributed by atoms with van der Waals surface area (Å²) in [7, 11) is 1.85. The molecule has 166 valence electrons. The Morgan fingerprint density at radius 1 is 1.23 bits per heavy atom. The topological polar surface area (TPSA) is 80.1 Å². The molecule has 2 aliphatic heterocycles. The number of rotatable bonds is 4. The number of ether oxygens (including phenoxy) is 1. The monoisotopic (exact) mass is 426 g/mol. The Morgan fingerprint density at radius 2 is 1.94 bits per heavy atom. The summed E-state index contributed by atoms with van der Waals surface area (Å²) in [6.07, 6.45) is 2.24. The van der Waals surface area contributed by atoms with Crippen molar-refractivity contribution in [2.75, 3.05) is 26.7 Å². The van der Waals surface area contributed by atoms with Gasteiger partial charge in [-0.25, -0.2) is 4.79 Å². The Labute approximate surface area is 181 Å². The van der Waals surface area contributed by atoms with Gasteiger partial charge in [-0.3, -0.25) is 9.59 Å². The standard InChI is InChI=1S/C24H30N2O5/c1-5-17-12-21(28)31-19-11-15(2)10-18(22(17)19)30-16(3)23(29)26-8-6-24(7-9-26)13-20(27)25(4)14-24/h10-12,16H,5-9,13-14H2,1-4H3. The van der Waals surface area contributed by atoms with E-state index >= 15 is 0 Å². The van der Waals surface area contributed by atoms with E-state index in [-0.39, 0.29) is 22.9 Å². The van der Waals surface area contributed by atoms with Crippen LogP contribution in [0.2, 0.25) is 0 Å². The molecule has 2 fully saturated rings. The maximum Gasteiger partial charge on any atom is 0.336 e. The third kappa shape index (κ3) is 4.05. The lowest BCUT2D eigenvalue weighted by atomic mass is 9.77. The van der Waals surface area contributed by atoms with Crippen LogP contribution in [0.25, 0.3) is 11.0 Å². The fourth-order valence-corrected chi connectivity index (χ4v) is 4.98. The van der Waals surface area contributed by atoms with Gasteiger partial charge < -0.3 is 19.0 Å². The zero-order chi connectivity index (χ0) is 22.3. The van der Waals surface area contributed by atoms with E-state index in [0.717, 1.165) is 35.9 Å². The minimum atomic E-state index is -0.663. The lowest BCUT2D eigenvalue weighted by Crippen LogP contribution is -2.48. The van der Waals surface area contributed by atoms with Crippen LogP contribution in [0.1, 0.15) is 44.2 Å². The van der Waals surface area contributed by atoms with Crippen molar-refractivity contribution in [3.8, 4) is 5.75 Å². The molecule has 0 N–H and O–H groups in total. The van der Waals surface area contributed by atoms with Gasteiger partial charge in [0.05, 0.1) is 5.39 Å². The summed E-state index contributed by atoms with van der Waals surface area (Å²) >= 11 is 0. The molecule has 1 aromatic carbocycles. The first-order valence-corrected chi connectivity index (χ1v) is 11.0. The summed E-state index contributed by atoms with van der Waals surface area (Å²) in [5, 5.41) is 0.748. The summed E-state index contributed by atoms with van der Waals surface area (Å²) in [4.78, 5) is 40.6. The van der Waals surface area contributed by atoms with Crippen molar-refractivity contribution in [2.45, 2.75) is 52.6 Å². The van der Waals surface area contributed by atoms with E-state index in [9.17, 15) is 14.4 Å². The lowest BCUT2D eigenvalue weighted by Gasteiger charge is -2.39. The number of nitrogens with zero attached hydrogens (tertiary/aromatic N) is 2. The van der Waals surface area contributed by atoms with Crippen molar-refractivity contribution in [3.05, 3.63) is 39.7 Å². The molecule has 0 radical (unpaired) electrons. The highest BCUT2D eigenvalue weighted by molar-refractivity contribution is 5.88. The van der Waals surface area contributed by atoms with E-state index < -0.39 is 6.10 Å². The molecule has 2 aromatic rings. The van der Waals surface area contributed by atoms with Crippen molar-refractivity contribution < 1.29 is 18.7 Å². The number of fused-ring (bicyclic) bond motifs is 1. The molecule has 7 nitrogen and oxygen atoms in total. The van der Waals surface area contributed by atoms with Crippen LogP contribution in [0.5, 0.6) is 5.75 Å². The van der Waals surface area contributed by atoms with E-state index in [1.165, 1.54) is 6.07 Å². The molecular weight excluding hydrogens is 396 g/mol. The maximum atomic E-state index is 13.1. The van der Waals surface area contributed by atoms with Crippen LogP contribution in [0.3, 0.4) is 0 Å². The van der Waals surface area contributed by atoms with Crippen LogP contribution in [0.15, 0.2) is 27.4 Å². The summed E-state index contributed by atoms with van der Waals surface area (Å²) in [5.74, 6) is 0.701. The normalized spacial score (nSPS) is 19.3. The van der Waals surface area contributed by atoms with Crippen molar-refractivity contribution in [2.24, 2.45) is 5.41 Å². The average Bonchev–Trinajstić information content (AvgIpc) is 2.99. The molecule has 0 bridgehead atoms. The highest BCUT2D eigenvalue weighted by Gasteiger charge is 2.44. The highest BCUT2D eigenvalue weighted by Crippen LogP contribution is 2.40. The van der Waals surface area contributed by atoms with Gasteiger partial charge in [-0.1, -0.05) is 6.92 Å². The number of likely N-dealkylation sites (tertiary alicyclic amines) is 2. The van der Waals surface area contributed by atoms with Crippen LogP contribution in [0.4, 0.5) is 0 Å². The minimum Gasteiger partial charge on any atom is -0.480 e. The van der Waals surface area contributed by atoms with Gasteiger partial charge in [0.15, 0.2) is 6.10 Å². The molecule has 0 saturated carbocycles. The molecule has 1 unspecified atom stereocenters. The Kier molecular flexibility index (Phi) is 5.54. The van der Waals surface area contributed by atoms with Crippen molar-refractivity contribution >= 4 is 22.8 Å². The summed E-state index contributed by atoms with van der Waals surface area (Å²) in [5.41, 5.74) is 1.84. The van der Waals surface area contributed by atoms with Crippen molar-refractivity contribution in [3.63, 3.8) is 0 Å². The smallest absolute Gasteiger partial charge is 0.336 e. The van der Waals surface area contributed by atoms with Gasteiger partial charge in [-0.15, -0.1) is 0 Å². The predicted octanol–water partition coefficient (Wildman–Crippen LogP) is 2.90. The molecule has 1 aromatic heterocycles. The van der Waals surface area contributed by atoms with E-state index in [4.69, 9.17) is 9.15 Å². The number of hydrogen-bond donors (Lipinski definition) is 0. The summed E-state index contributed by atoms with van der Waals surface area (Å²) in [6.45, 7) is 7.69. The first-order chi connectivity index (χ1) is 14.7. The molecule has 0 aliphatic carbocycles. The SMILES string of the molecule is CCc1cc(=O)oc2cc(C)cc(OC(C)C(=O)N3CCC4(CC3)CC(=O)N(C)C4)c12. The third-order valence-electron chi connectivity index (χ3n) is 6.73. The second-order valence-electron chi connectivity index (χ2n) is 9.09. The van der Waals surface area contributed by atoms with E-state index in [1.807, 2.05) is 37.9 Å². The molecule has 1 atom stereocenters. The largest absolute Gasteiger partial charge is 0.480 e. The molecule has 2 aliphatic rings. The predicted molar refractivity (Wildman–Crippen MR) is 117 cm³/mol. The highest BCUT2D eigenvalue weighted by atomic mass is 16.5. The number of benzene rings is 1. The Bertz CT molecular complexity index is 1080. The number of amides is 2. The van der Waals surface area contributed by atoms with Crippen LogP contribution in [-0.2, 0) is 16.0 Å². The van der Waals surface area contributed by atoms with Gasteiger partial charge in [-0.05, 0) is 56.4 Å². The fourth-order valence-electron chi connectivity index (χ4n) is 4.98. The van der Waals surface area contributed by atoms with Gasteiger partial charge in [0.2, 0.25) is 5.91 Å². The zero-order valence-electron chi connectivity index (χ0n) is 18.7. The van der Waals surface area contributed by atoms with Crippen LogP contribution >= 0.6 is 0 Å². The fraction of sp³-hybridized carbons (Fsp3) is 0.542. The number of hydrogen-bond acceptors (Lipinski definition) is 5. The van der Waals surface area contributed by atoms with Gasteiger partial charge >= 0.3 is 5.63 Å². The number of piperidine rings is 1. The van der Waals surface area contributed by atoms with Crippen LogP contribution in [-0.4, -0.2) is 54.4 Å². The zero-order valence-corrected chi connectivity index (χ0v) is 18.7. The minimum absolute atomic E-state index is 0.00697. The van der Waals surface area contributed by atoms with Crippen molar-refractivity contribution in [1.82, 2.24) is 9.80 Å². The number of aryl methyl sites for hydroxylation is 2. The quantitative estimate of drug-likeness (QED) is 0.703. The van der Waals surface area contributed by atoms with Crippen molar-refractivity contribution in [1.29, 1.82) is 0 Å². The number of carbonyl (C=O) groups excluding carboxylic acids is 2. The second kappa shape index (κ2) is 8.02. The summed E-state index contributed by atoms with van der Waals surface area (Å²) in [6, 6.07) is 5.19. The maximum absolute atomic E-state index is 13.1. The Hall–Kier alpha value is -2.83. The molecule has 7 heteroatoms. The van der Waals surface area contributed by atoms with Gasteiger partial charge in [0.1, 0.15) is 11.3 Å². The molecule has 4 rings (SSSR count). The Morgan fingerprint density at radius 3 is 2.55 bits per heavy atom. The number of carbonyl (C=O) groups is 2. The second-order valence-corrected chi connectivity index (χ2v) is 9.09. The first kappa shape index (κ1) is 21.4. The molecular formula is C24H30N2O5. The van der Waals surface area contributed by atoms with Gasteiger partial charge in [-0.2, -0.15) is 0 Å². The molecule has 2 saturated heterocycles.